The number of nitrogens with zero attached hydrogens (tertiary/aromatic N) is 3. The maximum Gasteiger partial charge on any atom is 0.190 e. The molecule has 0 aromatic rings. The first-order valence-corrected chi connectivity index (χ1v) is 9.62. The van der Waals surface area contributed by atoms with E-state index in [-0.39, 0.29) is 24.0 Å². The molecule has 0 aromatic heterocycles. The molecule has 144 valence electrons. The third-order valence-corrected chi connectivity index (χ3v) is 5.04. The van der Waals surface area contributed by atoms with E-state index in [2.05, 4.69) is 46.2 Å². The van der Waals surface area contributed by atoms with Crippen LogP contribution in [0.5, 0.6) is 0 Å². The number of halogens is 1. The number of hydrogen-bond donors (Lipinski definition) is 2. The summed E-state index contributed by atoms with van der Waals surface area (Å²) in [4.78, 5) is 9.45. The van der Waals surface area contributed by atoms with Crippen LogP contribution in [-0.4, -0.2) is 75.2 Å². The van der Waals surface area contributed by atoms with Crippen molar-refractivity contribution in [1.82, 2.24) is 20.4 Å². The normalized spacial score (nSPS) is 17.0. The number of piperazine rings is 1. The molecule has 0 radical (unpaired) electrons. The largest absolute Gasteiger partial charge is 0.356 e. The Hall–Kier alpha value is -0.0800. The van der Waals surface area contributed by atoms with Crippen LogP contribution >= 0.6 is 24.0 Å². The standard InChI is InChI=1S/C18H39N5.HI/c1-5-17(6-2)16-21-18(19-4)20-10-8-9-11-23-14-12-22(7-3)13-15-23;/h17H,5-16H2,1-4H3,(H2,19,20,21);1H. The molecule has 1 fully saturated rings. The highest BCUT2D eigenvalue weighted by molar-refractivity contribution is 14.0. The van der Waals surface area contributed by atoms with Crippen LogP contribution < -0.4 is 10.6 Å². The van der Waals surface area contributed by atoms with E-state index in [0.29, 0.717) is 0 Å². The smallest absolute Gasteiger partial charge is 0.190 e. The average Bonchev–Trinajstić information content (AvgIpc) is 2.61. The lowest BCUT2D eigenvalue weighted by molar-refractivity contribution is 0.136. The quantitative estimate of drug-likeness (QED) is 0.231. The van der Waals surface area contributed by atoms with Gasteiger partial charge in [0.15, 0.2) is 5.96 Å². The monoisotopic (exact) mass is 453 g/mol. The van der Waals surface area contributed by atoms with E-state index in [9.17, 15) is 0 Å². The van der Waals surface area contributed by atoms with Crippen molar-refractivity contribution in [3.8, 4) is 0 Å². The topological polar surface area (TPSA) is 42.9 Å². The molecule has 2 N–H and O–H groups in total. The molecule has 0 saturated carbocycles. The Balaban J connectivity index is 0.00000529. The second-order valence-corrected chi connectivity index (χ2v) is 6.55. The number of rotatable bonds is 10. The molecule has 0 atom stereocenters. The van der Waals surface area contributed by atoms with Gasteiger partial charge in [0.05, 0.1) is 0 Å². The van der Waals surface area contributed by atoms with Crippen LogP contribution in [0.2, 0.25) is 0 Å². The molecule has 0 spiro atoms. The van der Waals surface area contributed by atoms with Crippen LogP contribution in [0.15, 0.2) is 4.99 Å². The predicted molar refractivity (Wildman–Crippen MR) is 117 cm³/mol. The highest BCUT2D eigenvalue weighted by atomic mass is 127. The Kier molecular flexibility index (Phi) is 15.1. The van der Waals surface area contributed by atoms with Gasteiger partial charge >= 0.3 is 0 Å². The van der Waals surface area contributed by atoms with Crippen molar-refractivity contribution >= 4 is 29.9 Å². The molecular formula is C18H40IN5. The zero-order valence-electron chi connectivity index (χ0n) is 16.3. The number of guanidine groups is 1. The van der Waals surface area contributed by atoms with Gasteiger partial charge < -0.3 is 20.4 Å². The van der Waals surface area contributed by atoms with Crippen LogP contribution in [0.3, 0.4) is 0 Å². The van der Waals surface area contributed by atoms with Crippen molar-refractivity contribution in [2.45, 2.75) is 46.5 Å². The minimum atomic E-state index is 0. The SMILES string of the molecule is CCC(CC)CNC(=NC)NCCCCN1CCN(CC)CC1.I. The van der Waals surface area contributed by atoms with Crippen molar-refractivity contribution in [1.29, 1.82) is 0 Å². The Labute approximate surface area is 167 Å². The molecule has 0 aliphatic carbocycles. The van der Waals surface area contributed by atoms with Gasteiger partial charge in [-0.1, -0.05) is 33.6 Å². The van der Waals surface area contributed by atoms with Gasteiger partial charge in [-0.2, -0.15) is 0 Å². The summed E-state index contributed by atoms with van der Waals surface area (Å²) in [7, 11) is 1.86. The first kappa shape index (κ1) is 23.9. The Bertz CT molecular complexity index is 313. The van der Waals surface area contributed by atoms with Gasteiger partial charge in [0.2, 0.25) is 0 Å². The maximum atomic E-state index is 4.31. The molecule has 1 aliphatic rings. The first-order chi connectivity index (χ1) is 11.2. The zero-order valence-corrected chi connectivity index (χ0v) is 18.6. The van der Waals surface area contributed by atoms with Crippen molar-refractivity contribution in [3.63, 3.8) is 0 Å². The minimum absolute atomic E-state index is 0. The number of hydrogen-bond acceptors (Lipinski definition) is 3. The second kappa shape index (κ2) is 15.2. The molecule has 5 nitrogen and oxygen atoms in total. The highest BCUT2D eigenvalue weighted by Gasteiger charge is 2.14. The molecule has 0 aromatic carbocycles. The summed E-state index contributed by atoms with van der Waals surface area (Å²) >= 11 is 0. The summed E-state index contributed by atoms with van der Waals surface area (Å²) in [6, 6.07) is 0. The average molecular weight is 453 g/mol. The first-order valence-electron chi connectivity index (χ1n) is 9.62. The highest BCUT2D eigenvalue weighted by Crippen LogP contribution is 2.05. The fraction of sp³-hybridized carbons (Fsp3) is 0.944. The van der Waals surface area contributed by atoms with Crippen LogP contribution in [0.1, 0.15) is 46.5 Å². The molecule has 1 aliphatic heterocycles. The van der Waals surface area contributed by atoms with Gasteiger partial charge in [-0.3, -0.25) is 4.99 Å². The third-order valence-electron chi connectivity index (χ3n) is 5.04. The van der Waals surface area contributed by atoms with E-state index in [1.807, 2.05) is 7.05 Å². The van der Waals surface area contributed by atoms with Crippen molar-refractivity contribution in [3.05, 3.63) is 0 Å². The summed E-state index contributed by atoms with van der Waals surface area (Å²) < 4.78 is 0. The van der Waals surface area contributed by atoms with E-state index in [1.165, 1.54) is 65.0 Å². The van der Waals surface area contributed by atoms with E-state index >= 15 is 0 Å². The molecular weight excluding hydrogens is 413 g/mol. The molecule has 1 rings (SSSR count). The summed E-state index contributed by atoms with van der Waals surface area (Å²) in [6.07, 6.45) is 4.93. The lowest BCUT2D eigenvalue weighted by Gasteiger charge is -2.34. The molecule has 1 heterocycles. The molecule has 24 heavy (non-hydrogen) atoms. The van der Waals surface area contributed by atoms with Crippen LogP contribution in [0, 0.1) is 5.92 Å². The van der Waals surface area contributed by atoms with E-state index in [0.717, 1.165) is 25.0 Å². The van der Waals surface area contributed by atoms with E-state index < -0.39 is 0 Å². The second-order valence-electron chi connectivity index (χ2n) is 6.55. The van der Waals surface area contributed by atoms with Gasteiger partial charge in [-0.05, 0) is 31.8 Å². The fourth-order valence-corrected chi connectivity index (χ4v) is 3.04. The van der Waals surface area contributed by atoms with Crippen molar-refractivity contribution in [2.24, 2.45) is 10.9 Å². The van der Waals surface area contributed by atoms with Crippen LogP contribution in [0.25, 0.3) is 0 Å². The van der Waals surface area contributed by atoms with Crippen molar-refractivity contribution in [2.75, 3.05) is 59.4 Å². The summed E-state index contributed by atoms with van der Waals surface area (Å²) in [5.41, 5.74) is 0. The fourth-order valence-electron chi connectivity index (χ4n) is 3.04. The van der Waals surface area contributed by atoms with E-state index in [4.69, 9.17) is 0 Å². The van der Waals surface area contributed by atoms with E-state index in [1.54, 1.807) is 0 Å². The minimum Gasteiger partial charge on any atom is -0.356 e. The zero-order chi connectivity index (χ0) is 16.9. The Morgan fingerprint density at radius 2 is 1.58 bits per heavy atom. The lowest BCUT2D eigenvalue weighted by atomic mass is 10.0. The van der Waals surface area contributed by atoms with Crippen LogP contribution in [0.4, 0.5) is 0 Å². The van der Waals surface area contributed by atoms with Gasteiger partial charge in [-0.15, -0.1) is 24.0 Å². The summed E-state index contributed by atoms with van der Waals surface area (Å²) in [5, 5.41) is 6.88. The number of nitrogens with one attached hydrogen (secondary N) is 2. The Morgan fingerprint density at radius 1 is 0.958 bits per heavy atom. The molecule has 0 unspecified atom stereocenters. The molecule has 0 amide bonds. The summed E-state index contributed by atoms with van der Waals surface area (Å²) in [5.74, 6) is 1.70. The van der Waals surface area contributed by atoms with Crippen molar-refractivity contribution < 1.29 is 0 Å². The maximum absolute atomic E-state index is 4.31. The Morgan fingerprint density at radius 3 is 2.12 bits per heavy atom. The van der Waals surface area contributed by atoms with Gasteiger partial charge in [-0.25, -0.2) is 0 Å². The molecule has 6 heteroatoms. The van der Waals surface area contributed by atoms with Crippen LogP contribution in [-0.2, 0) is 0 Å². The summed E-state index contributed by atoms with van der Waals surface area (Å²) in [6.45, 7) is 16.2. The van der Waals surface area contributed by atoms with Gasteiger partial charge in [0, 0.05) is 46.3 Å². The molecule has 0 bridgehead atoms. The van der Waals surface area contributed by atoms with Gasteiger partial charge in [0.25, 0.3) is 0 Å². The van der Waals surface area contributed by atoms with Gasteiger partial charge in [0.1, 0.15) is 0 Å². The molecule has 1 saturated heterocycles. The number of aliphatic imine (C=N–C) groups is 1. The predicted octanol–water partition coefficient (Wildman–Crippen LogP) is 2.62. The number of unbranched alkanes of at least 4 members (excludes halogenated alkanes) is 1. The lowest BCUT2D eigenvalue weighted by Crippen LogP contribution is -2.46. The number of likely N-dealkylation sites (N-methyl/N-ethyl adjacent to an activating group) is 1. The third kappa shape index (κ3) is 10.0.